The molecule has 2 aliphatic rings. The number of hydrogen-bond donors (Lipinski definition) is 3. The summed E-state index contributed by atoms with van der Waals surface area (Å²) < 4.78 is 34.4. The van der Waals surface area contributed by atoms with Gasteiger partial charge in [0.1, 0.15) is 0 Å². The van der Waals surface area contributed by atoms with Crippen molar-refractivity contribution in [3.05, 3.63) is 112 Å². The maximum atomic E-state index is 15.0. The molecular formula is C35H35ClF2N4O2. The van der Waals surface area contributed by atoms with Gasteiger partial charge in [-0.2, -0.15) is 4.39 Å². The van der Waals surface area contributed by atoms with Crippen LogP contribution in [0.5, 0.6) is 5.75 Å². The number of ketones is 1. The van der Waals surface area contributed by atoms with Gasteiger partial charge in [0, 0.05) is 52.0 Å². The first kappa shape index (κ1) is 32.5. The Morgan fingerprint density at radius 2 is 1.91 bits per heavy atom. The Morgan fingerprint density at radius 3 is 2.61 bits per heavy atom. The molecule has 4 rings (SSSR count). The molecule has 3 N–H and O–H groups in total. The van der Waals surface area contributed by atoms with E-state index in [2.05, 4.69) is 10.3 Å². The molecule has 6 nitrogen and oxygen atoms in total. The van der Waals surface area contributed by atoms with E-state index < -0.39 is 11.6 Å². The van der Waals surface area contributed by atoms with Gasteiger partial charge in [-0.25, -0.2) is 4.39 Å². The predicted octanol–water partition coefficient (Wildman–Crippen LogP) is 9.16. The van der Waals surface area contributed by atoms with Crippen LogP contribution in [0.15, 0.2) is 89.3 Å². The van der Waals surface area contributed by atoms with E-state index in [0.29, 0.717) is 58.1 Å². The first-order valence-electron chi connectivity index (χ1n) is 14.3. The molecule has 1 aliphatic carbocycles. The van der Waals surface area contributed by atoms with Crippen LogP contribution < -0.4 is 10.1 Å². The Balaban J connectivity index is 1.46. The van der Waals surface area contributed by atoms with Crippen LogP contribution in [0.25, 0.3) is 5.57 Å². The Labute approximate surface area is 261 Å². The van der Waals surface area contributed by atoms with Crippen LogP contribution in [0.4, 0.5) is 14.5 Å². The maximum absolute atomic E-state index is 15.0. The number of nitrogens with zero attached hydrogens (tertiary/aromatic N) is 1. The molecular weight excluding hydrogens is 582 g/mol. The van der Waals surface area contributed by atoms with Crippen molar-refractivity contribution < 1.29 is 18.3 Å². The lowest BCUT2D eigenvalue weighted by Gasteiger charge is -2.17. The molecule has 0 bridgehead atoms. The molecule has 9 heteroatoms. The number of rotatable bonds is 12. The summed E-state index contributed by atoms with van der Waals surface area (Å²) in [6.45, 7) is 5.79. The van der Waals surface area contributed by atoms with Crippen molar-refractivity contribution >= 4 is 45.8 Å². The van der Waals surface area contributed by atoms with Crippen molar-refractivity contribution in [1.29, 1.82) is 10.8 Å². The smallest absolute Gasteiger partial charge is 0.201 e. The van der Waals surface area contributed by atoms with Crippen molar-refractivity contribution in [1.82, 2.24) is 0 Å². The molecule has 1 heterocycles. The Bertz CT molecular complexity index is 1680. The standard InChI is InChI=1S/C35H35ClF2N4O2/c1-20(2)28(39)11-8-9-21(3)29(40)18-31(43)25-14-13-22(17-27(25)36)42-30-12-7-5-6-10-24-26(19-41-35(24)30)23-15-16-32(44-4)34(38)33(23)37/h5-6,8,10-17,19-21,39-40,42H,7,9,18H2,1-4H3/b6-5-,11-8+,24-10?,30-12-,39-28?,40-29?/t21-/m0/s1. The molecule has 0 aromatic heterocycles. The lowest BCUT2D eigenvalue weighted by molar-refractivity contribution is 0.0999. The Morgan fingerprint density at radius 1 is 1.14 bits per heavy atom. The van der Waals surface area contributed by atoms with Crippen LogP contribution in [0, 0.1) is 34.3 Å². The lowest BCUT2D eigenvalue weighted by atomic mass is 9.93. The number of halogens is 3. The molecule has 2 aromatic rings. The zero-order chi connectivity index (χ0) is 32.0. The van der Waals surface area contributed by atoms with Crippen LogP contribution in [-0.2, 0) is 0 Å². The second-order valence-corrected chi connectivity index (χ2v) is 11.3. The number of anilines is 1. The summed E-state index contributed by atoms with van der Waals surface area (Å²) >= 11 is 6.55. The van der Waals surface area contributed by atoms with E-state index in [9.17, 15) is 13.6 Å². The summed E-state index contributed by atoms with van der Waals surface area (Å²) in [6, 6.07) is 7.85. The minimum absolute atomic E-state index is 0.0530. The summed E-state index contributed by atoms with van der Waals surface area (Å²) in [7, 11) is 1.28. The number of carbonyl (C=O) groups excluding carboxylic acids is 1. The van der Waals surface area contributed by atoms with Gasteiger partial charge in [-0.15, -0.1) is 0 Å². The molecule has 0 saturated carbocycles. The average molecular weight is 617 g/mol. The van der Waals surface area contributed by atoms with Crippen LogP contribution in [0.3, 0.4) is 0 Å². The van der Waals surface area contributed by atoms with Gasteiger partial charge in [0.25, 0.3) is 0 Å². The fraction of sp³-hybridized carbons (Fsp3) is 0.257. The van der Waals surface area contributed by atoms with Gasteiger partial charge in [-0.1, -0.05) is 62.8 Å². The van der Waals surface area contributed by atoms with E-state index in [0.717, 1.165) is 0 Å². The quantitative estimate of drug-likeness (QED) is 0.164. The highest BCUT2D eigenvalue weighted by Crippen LogP contribution is 2.37. The second-order valence-electron chi connectivity index (χ2n) is 10.9. The predicted molar refractivity (Wildman–Crippen MR) is 175 cm³/mol. The highest BCUT2D eigenvalue weighted by Gasteiger charge is 2.27. The van der Waals surface area contributed by atoms with Crippen LogP contribution in [-0.4, -0.2) is 30.0 Å². The molecule has 0 amide bonds. The molecule has 0 unspecified atom stereocenters. The zero-order valence-corrected chi connectivity index (χ0v) is 25.9. The number of fused-ring (bicyclic) bond motifs is 1. The first-order chi connectivity index (χ1) is 21.0. The topological polar surface area (TPSA) is 98.4 Å². The van der Waals surface area contributed by atoms with E-state index in [1.807, 2.05) is 51.2 Å². The third-order valence-corrected chi connectivity index (χ3v) is 7.75. The van der Waals surface area contributed by atoms with Crippen molar-refractivity contribution in [2.24, 2.45) is 16.8 Å². The minimum atomic E-state index is -1.07. The van der Waals surface area contributed by atoms with Gasteiger partial charge in [-0.3, -0.25) is 9.79 Å². The number of allylic oxidation sites excluding steroid dienone is 8. The number of nitrogens with one attached hydrogen (secondary N) is 3. The highest BCUT2D eigenvalue weighted by atomic mass is 35.5. The maximum Gasteiger partial charge on any atom is 0.201 e. The molecule has 44 heavy (non-hydrogen) atoms. The van der Waals surface area contributed by atoms with Crippen LogP contribution in [0.1, 0.15) is 56.0 Å². The fourth-order valence-electron chi connectivity index (χ4n) is 4.68. The van der Waals surface area contributed by atoms with E-state index in [1.54, 1.807) is 24.3 Å². The van der Waals surface area contributed by atoms with E-state index in [-0.39, 0.29) is 40.4 Å². The molecule has 0 fully saturated rings. The number of carbonyl (C=O) groups is 1. The minimum Gasteiger partial charge on any atom is -0.494 e. The zero-order valence-electron chi connectivity index (χ0n) is 25.1. The van der Waals surface area contributed by atoms with Gasteiger partial charge in [-0.05, 0) is 61.1 Å². The number of aliphatic imine (C=N–C) groups is 1. The number of hydrogen-bond acceptors (Lipinski definition) is 6. The summed E-state index contributed by atoms with van der Waals surface area (Å²) in [5, 5.41) is 19.9. The summed E-state index contributed by atoms with van der Waals surface area (Å²) in [5.41, 5.74) is 4.07. The van der Waals surface area contributed by atoms with Gasteiger partial charge in [0.15, 0.2) is 17.3 Å². The molecule has 2 aromatic carbocycles. The van der Waals surface area contributed by atoms with Crippen molar-refractivity contribution in [3.63, 3.8) is 0 Å². The normalized spacial score (nSPS) is 17.0. The molecule has 0 spiro atoms. The van der Waals surface area contributed by atoms with Crippen LogP contribution >= 0.6 is 11.6 Å². The Hall–Kier alpha value is -4.43. The summed E-state index contributed by atoms with van der Waals surface area (Å²) in [5.74, 6) is -2.52. The molecule has 1 aliphatic heterocycles. The fourth-order valence-corrected chi connectivity index (χ4v) is 4.96. The van der Waals surface area contributed by atoms with E-state index in [4.69, 9.17) is 27.2 Å². The molecule has 0 radical (unpaired) electrons. The van der Waals surface area contributed by atoms with E-state index in [1.165, 1.54) is 25.4 Å². The summed E-state index contributed by atoms with van der Waals surface area (Å²) in [4.78, 5) is 17.6. The number of Topliss-reactive ketones (excluding diaryl/α,β-unsaturated/α-hetero) is 1. The van der Waals surface area contributed by atoms with Gasteiger partial charge >= 0.3 is 0 Å². The monoisotopic (exact) mass is 616 g/mol. The summed E-state index contributed by atoms with van der Waals surface area (Å²) in [6.07, 6.45) is 13.8. The van der Waals surface area contributed by atoms with Crippen molar-refractivity contribution in [2.45, 2.75) is 40.0 Å². The third-order valence-electron chi connectivity index (χ3n) is 7.44. The van der Waals surface area contributed by atoms with Gasteiger partial charge in [0.2, 0.25) is 5.82 Å². The van der Waals surface area contributed by atoms with Gasteiger partial charge < -0.3 is 20.9 Å². The first-order valence-corrected chi connectivity index (χ1v) is 14.7. The lowest BCUT2D eigenvalue weighted by Crippen LogP contribution is -2.16. The molecule has 0 saturated heterocycles. The third kappa shape index (κ3) is 7.37. The SMILES string of the molecule is COc1ccc(C2=CN=C3C2=C/C=C\C/C=C/3Nc2ccc(C(=O)CC(=N)[C@@H](C)C/C=C/C(=N)C(C)C)c(Cl)c2)c(F)c1F. The largest absolute Gasteiger partial charge is 0.494 e. The number of ether oxygens (including phenoxy) is 1. The average Bonchev–Trinajstić information content (AvgIpc) is 3.38. The van der Waals surface area contributed by atoms with E-state index >= 15 is 0 Å². The number of benzene rings is 2. The van der Waals surface area contributed by atoms with Crippen molar-refractivity contribution in [3.8, 4) is 5.75 Å². The second kappa shape index (κ2) is 14.4. The molecule has 228 valence electrons. The number of methoxy groups -OCH3 is 1. The Kier molecular flexibility index (Phi) is 10.6. The van der Waals surface area contributed by atoms with Gasteiger partial charge in [0.05, 0.1) is 23.5 Å². The van der Waals surface area contributed by atoms with Crippen LogP contribution in [0.2, 0.25) is 5.02 Å². The van der Waals surface area contributed by atoms with Crippen molar-refractivity contribution in [2.75, 3.05) is 12.4 Å². The molecule has 1 atom stereocenters. The highest BCUT2D eigenvalue weighted by molar-refractivity contribution is 6.35.